The molecule has 0 unspecified atom stereocenters. The lowest BCUT2D eigenvalue weighted by Gasteiger charge is -2.08. The molecular formula is C16H10FN3O3. The number of halogens is 1. The monoisotopic (exact) mass is 311 g/mol. The number of hydrogen-bond donors (Lipinski definition) is 1. The predicted molar refractivity (Wildman–Crippen MR) is 79.1 cm³/mol. The van der Waals surface area contributed by atoms with E-state index < -0.39 is 11.8 Å². The Balaban J connectivity index is 2.24. The van der Waals surface area contributed by atoms with Crippen molar-refractivity contribution >= 4 is 12.3 Å². The van der Waals surface area contributed by atoms with E-state index in [1.54, 1.807) is 12.1 Å². The Morgan fingerprint density at radius 3 is 2.65 bits per heavy atom. The summed E-state index contributed by atoms with van der Waals surface area (Å²) in [6, 6.07) is 11.8. The van der Waals surface area contributed by atoms with Crippen LogP contribution in [-0.2, 0) is 0 Å². The van der Waals surface area contributed by atoms with E-state index in [1.165, 1.54) is 41.1 Å². The maximum atomic E-state index is 14.1. The Kier molecular flexibility index (Phi) is 3.68. The SMILES string of the molecule is O=Cc1nnn(-c2cccc(C(=O)O)c2)c1-c1ccccc1F. The van der Waals surface area contributed by atoms with Crippen LogP contribution in [0.3, 0.4) is 0 Å². The molecule has 7 heteroatoms. The number of aromatic nitrogens is 3. The molecule has 0 atom stereocenters. The Labute approximate surface area is 129 Å². The lowest BCUT2D eigenvalue weighted by Crippen LogP contribution is -2.04. The molecule has 0 saturated heterocycles. The summed E-state index contributed by atoms with van der Waals surface area (Å²) in [7, 11) is 0. The molecule has 3 aromatic rings. The van der Waals surface area contributed by atoms with Crippen molar-refractivity contribution in [1.82, 2.24) is 15.0 Å². The summed E-state index contributed by atoms with van der Waals surface area (Å²) in [6.07, 6.45) is 0.478. The van der Waals surface area contributed by atoms with Gasteiger partial charge in [0.05, 0.1) is 11.3 Å². The van der Waals surface area contributed by atoms with E-state index in [1.807, 2.05) is 0 Å². The van der Waals surface area contributed by atoms with Crippen LogP contribution in [0, 0.1) is 5.82 Å². The third kappa shape index (κ3) is 2.59. The van der Waals surface area contributed by atoms with Gasteiger partial charge in [-0.05, 0) is 30.3 Å². The van der Waals surface area contributed by atoms with Gasteiger partial charge in [0.1, 0.15) is 11.5 Å². The number of hydrogen-bond acceptors (Lipinski definition) is 4. The van der Waals surface area contributed by atoms with Gasteiger partial charge in [-0.3, -0.25) is 4.79 Å². The molecule has 1 N–H and O–H groups in total. The lowest BCUT2D eigenvalue weighted by atomic mass is 10.1. The minimum absolute atomic E-state index is 0.0316. The third-order valence-electron chi connectivity index (χ3n) is 3.27. The van der Waals surface area contributed by atoms with Crippen LogP contribution in [0.15, 0.2) is 48.5 Å². The van der Waals surface area contributed by atoms with E-state index >= 15 is 0 Å². The molecule has 0 aliphatic carbocycles. The summed E-state index contributed by atoms with van der Waals surface area (Å²) < 4.78 is 15.3. The summed E-state index contributed by atoms with van der Waals surface area (Å²) in [6.45, 7) is 0. The highest BCUT2D eigenvalue weighted by Crippen LogP contribution is 2.27. The largest absolute Gasteiger partial charge is 0.478 e. The number of nitrogens with zero attached hydrogens (tertiary/aromatic N) is 3. The lowest BCUT2D eigenvalue weighted by molar-refractivity contribution is 0.0696. The number of benzene rings is 2. The maximum Gasteiger partial charge on any atom is 0.335 e. The van der Waals surface area contributed by atoms with Gasteiger partial charge in [0.15, 0.2) is 12.0 Å². The second kappa shape index (κ2) is 5.80. The van der Waals surface area contributed by atoms with Crippen LogP contribution in [0.4, 0.5) is 4.39 Å². The summed E-state index contributed by atoms with van der Waals surface area (Å²) in [5.74, 6) is -1.64. The fraction of sp³-hybridized carbons (Fsp3) is 0. The number of rotatable bonds is 4. The quantitative estimate of drug-likeness (QED) is 0.749. The number of aromatic carboxylic acids is 1. The molecule has 3 rings (SSSR count). The molecule has 0 aliphatic heterocycles. The second-order valence-corrected chi connectivity index (χ2v) is 4.69. The minimum atomic E-state index is -1.10. The fourth-order valence-electron chi connectivity index (χ4n) is 2.23. The minimum Gasteiger partial charge on any atom is -0.478 e. The van der Waals surface area contributed by atoms with Crippen LogP contribution in [0.5, 0.6) is 0 Å². The molecule has 0 spiro atoms. The van der Waals surface area contributed by atoms with Gasteiger partial charge in [0.2, 0.25) is 0 Å². The molecule has 1 heterocycles. The van der Waals surface area contributed by atoms with Crippen LogP contribution >= 0.6 is 0 Å². The molecule has 0 bridgehead atoms. The highest BCUT2D eigenvalue weighted by atomic mass is 19.1. The van der Waals surface area contributed by atoms with Crippen molar-refractivity contribution in [3.8, 4) is 16.9 Å². The average molecular weight is 311 g/mol. The van der Waals surface area contributed by atoms with Gasteiger partial charge in [-0.1, -0.05) is 23.4 Å². The molecule has 0 aliphatic rings. The van der Waals surface area contributed by atoms with Gasteiger partial charge in [-0.2, -0.15) is 0 Å². The van der Waals surface area contributed by atoms with E-state index in [2.05, 4.69) is 10.3 Å². The van der Waals surface area contributed by atoms with Crippen molar-refractivity contribution in [2.24, 2.45) is 0 Å². The van der Waals surface area contributed by atoms with Gasteiger partial charge in [0, 0.05) is 5.56 Å². The Morgan fingerprint density at radius 2 is 1.96 bits per heavy atom. The molecule has 2 aromatic carbocycles. The number of carboxylic acid groups (broad SMARTS) is 1. The van der Waals surface area contributed by atoms with Crippen molar-refractivity contribution in [2.45, 2.75) is 0 Å². The highest BCUT2D eigenvalue weighted by Gasteiger charge is 2.19. The Morgan fingerprint density at radius 1 is 1.17 bits per heavy atom. The first-order chi connectivity index (χ1) is 11.1. The average Bonchev–Trinajstić information content (AvgIpc) is 2.99. The Hall–Kier alpha value is -3.35. The van der Waals surface area contributed by atoms with Crippen LogP contribution in [-0.4, -0.2) is 32.4 Å². The van der Waals surface area contributed by atoms with E-state index in [-0.39, 0.29) is 22.5 Å². The summed E-state index contributed by atoms with van der Waals surface area (Å²) in [5, 5.41) is 16.7. The third-order valence-corrected chi connectivity index (χ3v) is 3.27. The first-order valence-electron chi connectivity index (χ1n) is 6.61. The summed E-state index contributed by atoms with van der Waals surface area (Å²) in [4.78, 5) is 22.3. The van der Waals surface area contributed by atoms with E-state index in [0.717, 1.165) is 0 Å². The molecule has 0 saturated carbocycles. The number of carbonyl (C=O) groups excluding carboxylic acids is 1. The highest BCUT2D eigenvalue weighted by molar-refractivity contribution is 5.88. The number of aldehydes is 1. The zero-order valence-electron chi connectivity index (χ0n) is 11.7. The van der Waals surface area contributed by atoms with Crippen molar-refractivity contribution in [3.63, 3.8) is 0 Å². The van der Waals surface area contributed by atoms with E-state index in [9.17, 15) is 14.0 Å². The van der Waals surface area contributed by atoms with Crippen molar-refractivity contribution in [1.29, 1.82) is 0 Å². The number of carbonyl (C=O) groups is 2. The van der Waals surface area contributed by atoms with Crippen LogP contribution in [0.2, 0.25) is 0 Å². The van der Waals surface area contributed by atoms with Crippen molar-refractivity contribution < 1.29 is 19.1 Å². The molecule has 6 nitrogen and oxygen atoms in total. The van der Waals surface area contributed by atoms with Crippen molar-refractivity contribution in [3.05, 3.63) is 65.6 Å². The van der Waals surface area contributed by atoms with E-state index in [0.29, 0.717) is 12.0 Å². The maximum absolute atomic E-state index is 14.1. The van der Waals surface area contributed by atoms with Crippen molar-refractivity contribution in [2.75, 3.05) is 0 Å². The fourth-order valence-corrected chi connectivity index (χ4v) is 2.23. The van der Waals surface area contributed by atoms with Gasteiger partial charge >= 0.3 is 5.97 Å². The molecule has 114 valence electrons. The molecule has 23 heavy (non-hydrogen) atoms. The smallest absolute Gasteiger partial charge is 0.335 e. The topological polar surface area (TPSA) is 85.1 Å². The second-order valence-electron chi connectivity index (χ2n) is 4.69. The van der Waals surface area contributed by atoms with Gasteiger partial charge in [-0.25, -0.2) is 13.9 Å². The standard InChI is InChI=1S/C16H10FN3O3/c17-13-7-2-1-6-12(13)15-14(9-21)18-19-20(15)11-5-3-4-10(8-11)16(22)23/h1-9H,(H,22,23). The predicted octanol–water partition coefficient (Wildman–Crippen LogP) is 2.58. The van der Waals surface area contributed by atoms with Gasteiger partial charge < -0.3 is 5.11 Å². The zero-order chi connectivity index (χ0) is 16.4. The first kappa shape index (κ1) is 14.6. The summed E-state index contributed by atoms with van der Waals surface area (Å²) in [5.41, 5.74) is 0.700. The normalized spacial score (nSPS) is 10.5. The first-order valence-corrected chi connectivity index (χ1v) is 6.61. The molecule has 0 radical (unpaired) electrons. The zero-order valence-corrected chi connectivity index (χ0v) is 11.7. The van der Waals surface area contributed by atoms with E-state index in [4.69, 9.17) is 5.11 Å². The van der Waals surface area contributed by atoms with Gasteiger partial charge in [-0.15, -0.1) is 5.10 Å². The summed E-state index contributed by atoms with van der Waals surface area (Å²) >= 11 is 0. The number of carboxylic acids is 1. The van der Waals surface area contributed by atoms with Crippen LogP contribution in [0.1, 0.15) is 20.8 Å². The molecule has 0 amide bonds. The van der Waals surface area contributed by atoms with Gasteiger partial charge in [0.25, 0.3) is 0 Å². The van der Waals surface area contributed by atoms with Crippen LogP contribution < -0.4 is 0 Å². The molecular weight excluding hydrogens is 301 g/mol. The molecule has 0 fully saturated rings. The van der Waals surface area contributed by atoms with Crippen LogP contribution in [0.25, 0.3) is 16.9 Å². The molecule has 1 aromatic heterocycles. The Bertz CT molecular complexity index is 905.